The number of esters is 1. The van der Waals surface area contributed by atoms with Crippen LogP contribution in [0.5, 0.6) is 0 Å². The van der Waals surface area contributed by atoms with Crippen LogP contribution >= 0.6 is 0 Å². The Morgan fingerprint density at radius 1 is 1.25 bits per heavy atom. The number of hydrogen-bond donors (Lipinski definition) is 0. The second-order valence-electron chi connectivity index (χ2n) is 7.94. The van der Waals surface area contributed by atoms with Crippen LogP contribution in [0.3, 0.4) is 0 Å². The van der Waals surface area contributed by atoms with Gasteiger partial charge in [-0.15, -0.1) is 0 Å². The molecule has 2 aromatic rings. The molecule has 3 heterocycles. The Morgan fingerprint density at radius 3 is 2.71 bits per heavy atom. The van der Waals surface area contributed by atoms with Crippen molar-refractivity contribution in [3.05, 3.63) is 53.8 Å². The number of aromatic nitrogens is 1. The summed E-state index contributed by atoms with van der Waals surface area (Å²) in [7, 11) is 2.25. The first-order chi connectivity index (χ1) is 13.6. The van der Waals surface area contributed by atoms with E-state index < -0.39 is 0 Å². The van der Waals surface area contributed by atoms with Crippen molar-refractivity contribution in [3.63, 3.8) is 0 Å². The quantitative estimate of drug-likeness (QED) is 0.545. The van der Waals surface area contributed by atoms with Gasteiger partial charge < -0.3 is 9.30 Å². The van der Waals surface area contributed by atoms with Crippen LogP contribution in [0.15, 0.2) is 42.5 Å². The van der Waals surface area contributed by atoms with Crippen LogP contribution in [0, 0.1) is 5.41 Å². The normalized spacial score (nSPS) is 21.0. The molecule has 0 N–H and O–H groups in total. The number of ether oxygens (including phenoxy) is 1. The fourth-order valence-electron chi connectivity index (χ4n) is 5.24. The van der Waals surface area contributed by atoms with E-state index in [4.69, 9.17) is 4.74 Å². The molecule has 2 aliphatic rings. The van der Waals surface area contributed by atoms with Crippen molar-refractivity contribution in [2.75, 3.05) is 20.2 Å². The highest BCUT2D eigenvalue weighted by Gasteiger charge is 2.46. The number of rotatable bonds is 5. The van der Waals surface area contributed by atoms with Gasteiger partial charge in [0.25, 0.3) is 0 Å². The van der Waals surface area contributed by atoms with Gasteiger partial charge in [-0.05, 0) is 50.9 Å². The predicted octanol–water partition coefficient (Wildman–Crippen LogP) is 4.95. The zero-order chi connectivity index (χ0) is 19.9. The molecule has 0 saturated heterocycles. The Kier molecular flexibility index (Phi) is 4.92. The number of carbonyl (C=O) groups excluding carboxylic acids is 1. The molecular weight excluding hydrogens is 348 g/mol. The highest BCUT2D eigenvalue weighted by molar-refractivity contribution is 5.92. The van der Waals surface area contributed by atoms with Gasteiger partial charge >= 0.3 is 5.97 Å². The SMILES string of the molecule is CCOC(=O)/C=C/C1=CC(CC)(CC)[C@H]2c3c(c4ccccc4n31)CCN2C. The number of carbonyl (C=O) groups is 1. The summed E-state index contributed by atoms with van der Waals surface area (Å²) in [4.78, 5) is 14.5. The van der Waals surface area contributed by atoms with E-state index in [9.17, 15) is 4.79 Å². The molecule has 0 radical (unpaired) electrons. The summed E-state index contributed by atoms with van der Waals surface area (Å²) in [6.45, 7) is 7.88. The number of nitrogens with zero attached hydrogens (tertiary/aromatic N) is 2. The minimum atomic E-state index is -0.286. The Morgan fingerprint density at radius 2 is 2.00 bits per heavy atom. The molecular formula is C24H30N2O2. The summed E-state index contributed by atoms with van der Waals surface area (Å²) in [5.74, 6) is -0.286. The van der Waals surface area contributed by atoms with Crippen molar-refractivity contribution in [1.29, 1.82) is 0 Å². The van der Waals surface area contributed by atoms with E-state index >= 15 is 0 Å². The van der Waals surface area contributed by atoms with Gasteiger partial charge in [0.2, 0.25) is 0 Å². The first-order valence-electron chi connectivity index (χ1n) is 10.5. The number of allylic oxidation sites excluding steroid dienone is 2. The van der Waals surface area contributed by atoms with E-state index in [0.29, 0.717) is 12.6 Å². The van der Waals surface area contributed by atoms with Crippen LogP contribution in [-0.2, 0) is 16.0 Å². The Balaban J connectivity index is 1.98. The van der Waals surface area contributed by atoms with E-state index in [0.717, 1.165) is 31.5 Å². The number of likely N-dealkylation sites (N-methyl/N-ethyl adjacent to an activating group) is 1. The Bertz CT molecular complexity index is 962. The maximum absolute atomic E-state index is 12.0. The lowest BCUT2D eigenvalue weighted by Crippen LogP contribution is -2.45. The second-order valence-corrected chi connectivity index (χ2v) is 7.94. The minimum absolute atomic E-state index is 0.0582. The molecule has 1 aromatic heterocycles. The number of fused-ring (bicyclic) bond motifs is 3. The fourth-order valence-corrected chi connectivity index (χ4v) is 5.24. The third kappa shape index (κ3) is 2.74. The summed E-state index contributed by atoms with van der Waals surface area (Å²) >= 11 is 0. The Labute approximate surface area is 167 Å². The third-order valence-corrected chi connectivity index (χ3v) is 6.67. The lowest BCUT2D eigenvalue weighted by Gasteiger charge is -2.48. The van der Waals surface area contributed by atoms with Gasteiger partial charge in [0.1, 0.15) is 0 Å². The first-order valence-corrected chi connectivity index (χ1v) is 10.5. The van der Waals surface area contributed by atoms with Gasteiger partial charge in [-0.25, -0.2) is 4.79 Å². The predicted molar refractivity (Wildman–Crippen MR) is 114 cm³/mol. The van der Waals surface area contributed by atoms with Gasteiger partial charge in [-0.1, -0.05) is 38.1 Å². The molecule has 0 bridgehead atoms. The third-order valence-electron chi connectivity index (χ3n) is 6.67. The summed E-state index contributed by atoms with van der Waals surface area (Å²) in [6.07, 6.45) is 9.11. The van der Waals surface area contributed by atoms with Gasteiger partial charge in [0.15, 0.2) is 0 Å². The average molecular weight is 379 g/mol. The van der Waals surface area contributed by atoms with Crippen molar-refractivity contribution >= 4 is 22.6 Å². The maximum atomic E-state index is 12.0. The summed E-state index contributed by atoms with van der Waals surface area (Å²) in [5.41, 5.74) is 5.25. The topological polar surface area (TPSA) is 34.5 Å². The highest BCUT2D eigenvalue weighted by Crippen LogP contribution is 2.54. The molecule has 2 aliphatic heterocycles. The molecule has 1 aromatic carbocycles. The van der Waals surface area contributed by atoms with Crippen molar-refractivity contribution in [3.8, 4) is 0 Å². The van der Waals surface area contributed by atoms with E-state index in [1.807, 2.05) is 13.0 Å². The number of hydrogen-bond acceptors (Lipinski definition) is 3. The van der Waals surface area contributed by atoms with E-state index in [1.165, 1.54) is 22.2 Å². The standard InChI is InChI=1S/C24H30N2O2/c1-5-24(6-2)16-17(12-13-21(27)28-7-3)26-20-11-9-8-10-18(20)19-14-15-25(4)23(24)22(19)26/h8-13,16,23H,5-7,14-15H2,1-4H3/b13-12+/t23-/m1/s1. The van der Waals surface area contributed by atoms with Crippen LogP contribution < -0.4 is 0 Å². The van der Waals surface area contributed by atoms with Gasteiger partial charge in [-0.3, -0.25) is 4.90 Å². The molecule has 1 atom stereocenters. The summed E-state index contributed by atoms with van der Waals surface area (Å²) in [5, 5.41) is 1.34. The van der Waals surface area contributed by atoms with Crippen LogP contribution in [0.1, 0.15) is 50.9 Å². The fraction of sp³-hybridized carbons (Fsp3) is 0.458. The van der Waals surface area contributed by atoms with Crippen molar-refractivity contribution < 1.29 is 9.53 Å². The lowest BCUT2D eigenvalue weighted by molar-refractivity contribution is -0.137. The van der Waals surface area contributed by atoms with Gasteiger partial charge in [0.05, 0.1) is 18.2 Å². The molecule has 0 spiro atoms. The molecule has 0 saturated carbocycles. The maximum Gasteiger partial charge on any atom is 0.330 e. The molecule has 0 fully saturated rings. The first kappa shape index (κ1) is 19.0. The summed E-state index contributed by atoms with van der Waals surface area (Å²) < 4.78 is 7.50. The monoisotopic (exact) mass is 378 g/mol. The van der Waals surface area contributed by atoms with E-state index in [-0.39, 0.29) is 11.4 Å². The molecule has 0 amide bonds. The zero-order valence-corrected chi connectivity index (χ0v) is 17.4. The lowest BCUT2D eigenvalue weighted by atomic mass is 9.69. The van der Waals surface area contributed by atoms with E-state index in [1.54, 1.807) is 6.08 Å². The van der Waals surface area contributed by atoms with Crippen molar-refractivity contribution in [2.45, 2.75) is 46.1 Å². The highest BCUT2D eigenvalue weighted by atomic mass is 16.5. The Hall–Kier alpha value is -2.33. The van der Waals surface area contributed by atoms with Crippen LogP contribution in [0.25, 0.3) is 16.6 Å². The van der Waals surface area contributed by atoms with Crippen molar-refractivity contribution in [2.24, 2.45) is 5.41 Å². The zero-order valence-electron chi connectivity index (χ0n) is 17.4. The number of para-hydroxylation sites is 1. The molecule has 4 heteroatoms. The molecule has 4 rings (SSSR count). The number of benzene rings is 1. The molecule has 0 aliphatic carbocycles. The minimum Gasteiger partial charge on any atom is -0.463 e. The van der Waals surface area contributed by atoms with E-state index in [2.05, 4.69) is 60.7 Å². The molecule has 148 valence electrons. The summed E-state index contributed by atoms with van der Waals surface area (Å²) in [6, 6.07) is 9.03. The molecule has 4 nitrogen and oxygen atoms in total. The van der Waals surface area contributed by atoms with Gasteiger partial charge in [0, 0.05) is 34.8 Å². The van der Waals surface area contributed by atoms with Crippen LogP contribution in [-0.4, -0.2) is 35.6 Å². The largest absolute Gasteiger partial charge is 0.463 e. The van der Waals surface area contributed by atoms with Crippen LogP contribution in [0.2, 0.25) is 0 Å². The smallest absolute Gasteiger partial charge is 0.330 e. The van der Waals surface area contributed by atoms with Crippen molar-refractivity contribution in [1.82, 2.24) is 9.47 Å². The second kappa shape index (κ2) is 7.25. The molecule has 0 unspecified atom stereocenters. The molecule has 28 heavy (non-hydrogen) atoms. The average Bonchev–Trinajstić information content (AvgIpc) is 3.05. The van der Waals surface area contributed by atoms with Gasteiger partial charge in [-0.2, -0.15) is 0 Å². The van der Waals surface area contributed by atoms with Crippen LogP contribution in [0.4, 0.5) is 0 Å².